The monoisotopic (exact) mass is 914 g/mol. The fourth-order valence-corrected chi connectivity index (χ4v) is 10.1. The Balaban J connectivity index is 1.70. The molecular weight excluding hydrogens is 835 g/mol. The normalized spacial score (nSPS) is 37.8. The third kappa shape index (κ3) is 14.3. The molecule has 1 amide bonds. The second kappa shape index (κ2) is 25.1. The minimum absolute atomic E-state index is 0.0220. The molecule has 2 saturated heterocycles. The maximum absolute atomic E-state index is 14.4. The number of aliphatic hydroxyl groups is 3. The Morgan fingerprint density at radius 2 is 1.58 bits per heavy atom. The molecule has 14 nitrogen and oxygen atoms in total. The second-order valence-electron chi connectivity index (χ2n) is 19.6. The van der Waals surface area contributed by atoms with Crippen LogP contribution >= 0.6 is 0 Å². The molecule has 4 rings (SSSR count). The fourth-order valence-electron chi connectivity index (χ4n) is 10.1. The maximum atomic E-state index is 14.4. The SMILES string of the molecule is CO[C@H]1C[C@@H]2CC[C@@H](C)[C@@](O)(O2)C(=O)C(=O)N2CCCC[C@H]2C(=O)OC([C@H](C)CC2CC[C@@H](O)[C@H](OC)C2)CC(=O)C(C)=CC(C)[C@@H](O)[C@@H](OC)C(=O)[C@H](C)C[C@H](C)C=CC=CC=C1C. The van der Waals surface area contributed by atoms with E-state index in [-0.39, 0.29) is 54.8 Å². The maximum Gasteiger partial charge on any atom is 0.329 e. The number of fused-ring (bicyclic) bond motifs is 3. The Labute approximate surface area is 387 Å². The Kier molecular flexibility index (Phi) is 21.0. The minimum Gasteiger partial charge on any atom is -0.460 e. The summed E-state index contributed by atoms with van der Waals surface area (Å²) < 4.78 is 29.4. The number of Topliss-reactive ketones (excluding diaryl/α,β-unsaturated/α-hetero) is 3. The highest BCUT2D eigenvalue weighted by Gasteiger charge is 2.53. The zero-order valence-corrected chi connectivity index (χ0v) is 40.6. The molecule has 1 aliphatic carbocycles. The predicted octanol–water partition coefficient (Wildman–Crippen LogP) is 6.18. The van der Waals surface area contributed by atoms with Gasteiger partial charge in [-0.05, 0) is 107 Å². The molecule has 0 spiro atoms. The van der Waals surface area contributed by atoms with Crippen molar-refractivity contribution in [2.24, 2.45) is 35.5 Å². The molecule has 3 N–H and O–H groups in total. The first kappa shape index (κ1) is 54.2. The van der Waals surface area contributed by atoms with Gasteiger partial charge in [0.15, 0.2) is 11.6 Å². The third-order valence-electron chi connectivity index (χ3n) is 14.5. The van der Waals surface area contributed by atoms with Gasteiger partial charge in [-0.2, -0.15) is 0 Å². The summed E-state index contributed by atoms with van der Waals surface area (Å²) in [7, 11) is 4.53. The van der Waals surface area contributed by atoms with Crippen molar-refractivity contribution in [1.29, 1.82) is 0 Å². The van der Waals surface area contributed by atoms with E-state index in [4.69, 9.17) is 23.7 Å². The summed E-state index contributed by atoms with van der Waals surface area (Å²) in [6.07, 6.45) is 11.2. The fraction of sp³-hybridized carbons (Fsp3) is 0.745. The number of allylic oxidation sites excluding steroid dienone is 6. The molecule has 3 heterocycles. The number of amides is 1. The molecule has 0 radical (unpaired) electrons. The lowest BCUT2D eigenvalue weighted by atomic mass is 9.78. The van der Waals surface area contributed by atoms with Crippen LogP contribution in [0.25, 0.3) is 0 Å². The van der Waals surface area contributed by atoms with E-state index in [9.17, 15) is 39.3 Å². The number of rotatable bonds is 6. The van der Waals surface area contributed by atoms with Crippen LogP contribution in [0.1, 0.15) is 126 Å². The van der Waals surface area contributed by atoms with Gasteiger partial charge in [0.05, 0.1) is 30.5 Å². The Morgan fingerprint density at radius 3 is 2.26 bits per heavy atom. The van der Waals surface area contributed by atoms with E-state index in [1.54, 1.807) is 41.1 Å². The van der Waals surface area contributed by atoms with Gasteiger partial charge in [-0.25, -0.2) is 4.79 Å². The highest BCUT2D eigenvalue weighted by molar-refractivity contribution is 6.39. The summed E-state index contributed by atoms with van der Waals surface area (Å²) in [6, 6.07) is -1.14. The van der Waals surface area contributed by atoms with Gasteiger partial charge in [0, 0.05) is 58.5 Å². The van der Waals surface area contributed by atoms with Gasteiger partial charge in [0.1, 0.15) is 18.2 Å². The number of nitrogens with zero attached hydrogens (tertiary/aromatic N) is 1. The van der Waals surface area contributed by atoms with Crippen LogP contribution in [0.3, 0.4) is 0 Å². The number of esters is 1. The smallest absolute Gasteiger partial charge is 0.329 e. The van der Waals surface area contributed by atoms with Crippen LogP contribution in [0.15, 0.2) is 47.6 Å². The Bertz CT molecular complexity index is 1760. The van der Waals surface area contributed by atoms with E-state index in [1.807, 2.05) is 58.1 Å². The van der Waals surface area contributed by atoms with Crippen molar-refractivity contribution in [3.8, 4) is 0 Å². The average Bonchev–Trinajstić information content (AvgIpc) is 3.28. The van der Waals surface area contributed by atoms with E-state index < -0.39 is 83.9 Å². The van der Waals surface area contributed by atoms with Crippen molar-refractivity contribution in [3.05, 3.63) is 47.6 Å². The molecule has 3 unspecified atom stereocenters. The first-order valence-electron chi connectivity index (χ1n) is 23.9. The molecule has 2 bridgehead atoms. The molecule has 3 aliphatic heterocycles. The van der Waals surface area contributed by atoms with E-state index in [2.05, 4.69) is 0 Å². The van der Waals surface area contributed by atoms with Gasteiger partial charge in [-0.1, -0.05) is 71.1 Å². The van der Waals surface area contributed by atoms with Gasteiger partial charge in [-0.3, -0.25) is 19.2 Å². The first-order chi connectivity index (χ1) is 30.7. The van der Waals surface area contributed by atoms with Crippen molar-refractivity contribution >= 4 is 29.2 Å². The van der Waals surface area contributed by atoms with Crippen molar-refractivity contribution < 1.29 is 63.0 Å². The molecule has 0 aromatic carbocycles. The van der Waals surface area contributed by atoms with Crippen LogP contribution in [0.5, 0.6) is 0 Å². The summed E-state index contributed by atoms with van der Waals surface area (Å²) >= 11 is 0. The van der Waals surface area contributed by atoms with Gasteiger partial charge in [0.2, 0.25) is 5.79 Å². The highest BCUT2D eigenvalue weighted by Crippen LogP contribution is 2.38. The van der Waals surface area contributed by atoms with Crippen LogP contribution in [0.2, 0.25) is 0 Å². The molecule has 0 aromatic heterocycles. The number of hydrogen-bond donors (Lipinski definition) is 3. The van der Waals surface area contributed by atoms with Gasteiger partial charge >= 0.3 is 5.97 Å². The number of ether oxygens (including phenoxy) is 5. The number of methoxy groups -OCH3 is 3. The van der Waals surface area contributed by atoms with E-state index in [1.165, 1.54) is 12.0 Å². The summed E-state index contributed by atoms with van der Waals surface area (Å²) in [5, 5.41) is 33.9. The van der Waals surface area contributed by atoms with E-state index in [0.29, 0.717) is 63.4 Å². The average molecular weight is 914 g/mol. The zero-order valence-electron chi connectivity index (χ0n) is 40.6. The third-order valence-corrected chi connectivity index (χ3v) is 14.5. The number of carbonyl (C=O) groups is 5. The van der Waals surface area contributed by atoms with E-state index >= 15 is 0 Å². The lowest BCUT2D eigenvalue weighted by Crippen LogP contribution is -2.61. The van der Waals surface area contributed by atoms with E-state index in [0.717, 1.165) is 12.0 Å². The van der Waals surface area contributed by atoms with Crippen molar-refractivity contribution in [1.82, 2.24) is 4.90 Å². The largest absolute Gasteiger partial charge is 0.460 e. The molecule has 4 aliphatic rings. The molecule has 366 valence electrons. The molecule has 3 fully saturated rings. The summed E-state index contributed by atoms with van der Waals surface area (Å²) in [5.41, 5.74) is 1.19. The first-order valence-corrected chi connectivity index (χ1v) is 23.9. The minimum atomic E-state index is -2.43. The predicted molar refractivity (Wildman–Crippen MR) is 245 cm³/mol. The number of aliphatic hydroxyl groups excluding tert-OH is 2. The number of carbonyl (C=O) groups excluding carboxylic acids is 5. The Morgan fingerprint density at radius 1 is 0.862 bits per heavy atom. The van der Waals surface area contributed by atoms with Crippen LogP contribution in [-0.4, -0.2) is 132 Å². The van der Waals surface area contributed by atoms with Gasteiger partial charge in [-0.15, -0.1) is 0 Å². The molecule has 1 saturated carbocycles. The summed E-state index contributed by atoms with van der Waals surface area (Å²) in [5.74, 6) is -7.93. The Hall–Kier alpha value is -3.37. The molecular formula is C51H79NO13. The topological polar surface area (TPSA) is 195 Å². The molecule has 14 heteroatoms. The number of ketones is 3. The second-order valence-corrected chi connectivity index (χ2v) is 19.6. The lowest BCUT2D eigenvalue weighted by molar-refractivity contribution is -0.265. The quantitative estimate of drug-likeness (QED) is 0.202. The van der Waals surface area contributed by atoms with Crippen molar-refractivity contribution in [2.75, 3.05) is 27.9 Å². The summed E-state index contributed by atoms with van der Waals surface area (Å²) in [6.45, 7) is 12.7. The number of cyclic esters (lactones) is 1. The zero-order chi connectivity index (χ0) is 48.2. The van der Waals surface area contributed by atoms with Gasteiger partial charge < -0.3 is 43.9 Å². The number of piperidine rings is 1. The molecule has 15 atom stereocenters. The van der Waals surface area contributed by atoms with Crippen LogP contribution in [0.4, 0.5) is 0 Å². The number of hydrogen-bond acceptors (Lipinski definition) is 13. The van der Waals surface area contributed by atoms with Crippen LogP contribution < -0.4 is 0 Å². The van der Waals surface area contributed by atoms with Crippen LogP contribution in [-0.2, 0) is 47.7 Å². The molecule has 0 aromatic rings. The lowest BCUT2D eigenvalue weighted by Gasteiger charge is -2.42. The van der Waals surface area contributed by atoms with Gasteiger partial charge in [0.25, 0.3) is 11.7 Å². The highest BCUT2D eigenvalue weighted by atomic mass is 16.6. The van der Waals surface area contributed by atoms with Crippen molar-refractivity contribution in [2.45, 2.75) is 180 Å². The summed E-state index contributed by atoms with van der Waals surface area (Å²) in [4.78, 5) is 71.7. The van der Waals surface area contributed by atoms with Crippen molar-refractivity contribution in [3.63, 3.8) is 0 Å². The van der Waals surface area contributed by atoms with Crippen LogP contribution in [0, 0.1) is 35.5 Å². The molecule has 65 heavy (non-hydrogen) atoms. The standard InChI is InChI=1S/C51H79NO13/c1-30-16-12-11-13-17-31(2)42(61-8)28-38-21-19-36(7)51(60,65-38)48(57)49(58)52-23-15-14-18-39(52)50(59)64-43(33(4)26-37-20-22-40(53)44(27-37)62-9)29-41(54)32(3)25-35(6)46(56)47(63-10)45(55)34(5)24-30/h11-13,16-17,25,30,33-40,42-44,46-47,53,56,60H,14-15,18-24,26-29H2,1-10H3/t30-,33-,34-,35?,36-,37?,38+,39+,40-,42+,43?,44-,46-,47+,51-/m1/s1.